The first-order valence-electron chi connectivity index (χ1n) is 9.12. The van der Waals surface area contributed by atoms with Crippen molar-refractivity contribution in [1.29, 1.82) is 0 Å². The molecule has 1 aliphatic heterocycles. The number of ether oxygens (including phenoxy) is 2. The van der Waals surface area contributed by atoms with Gasteiger partial charge in [-0.3, -0.25) is 4.79 Å². The number of hydrogen-bond acceptors (Lipinski definition) is 3. The molecule has 0 atom stereocenters. The molecule has 5 nitrogen and oxygen atoms in total. The lowest BCUT2D eigenvalue weighted by molar-refractivity contribution is -0.276. The number of fused-ring (bicyclic) bond motifs is 1. The second-order valence-corrected chi connectivity index (χ2v) is 7.82. The predicted molar refractivity (Wildman–Crippen MR) is 106 cm³/mol. The standard InChI is InChI=1S/C22H24N2O3/c1-21(2)26-13-22(3,14-27-21)20(25)24-17-8-4-7-16(12-17)18-9-5-6-15-10-11-23-19(15)18/h4-12,23H,13-14H2,1-3H3,(H,24,25). The molecule has 2 aromatic carbocycles. The number of H-pyrrole nitrogens is 1. The number of rotatable bonds is 3. The van der Waals surface area contributed by atoms with Gasteiger partial charge in [-0.15, -0.1) is 0 Å². The molecule has 0 radical (unpaired) electrons. The zero-order valence-electron chi connectivity index (χ0n) is 15.8. The Morgan fingerprint density at radius 3 is 2.56 bits per heavy atom. The SMILES string of the molecule is CC1(C)OCC(C)(C(=O)Nc2cccc(-c3cccc4cc[nH]c34)c2)CO1. The van der Waals surface area contributed by atoms with E-state index in [1.165, 1.54) is 0 Å². The summed E-state index contributed by atoms with van der Waals surface area (Å²) in [5.41, 5.74) is 3.27. The van der Waals surface area contributed by atoms with Gasteiger partial charge in [-0.25, -0.2) is 0 Å². The number of anilines is 1. The van der Waals surface area contributed by atoms with E-state index in [2.05, 4.69) is 28.5 Å². The third kappa shape index (κ3) is 3.48. The molecule has 0 saturated carbocycles. The van der Waals surface area contributed by atoms with Gasteiger partial charge in [-0.05, 0) is 49.9 Å². The highest BCUT2D eigenvalue weighted by Gasteiger charge is 2.42. The van der Waals surface area contributed by atoms with E-state index >= 15 is 0 Å². The second kappa shape index (κ2) is 6.51. The molecular weight excluding hydrogens is 340 g/mol. The molecule has 1 aliphatic rings. The highest BCUT2D eigenvalue weighted by atomic mass is 16.7. The van der Waals surface area contributed by atoms with E-state index in [1.807, 2.05) is 57.3 Å². The zero-order chi connectivity index (χ0) is 19.1. The van der Waals surface area contributed by atoms with Crippen molar-refractivity contribution in [2.75, 3.05) is 18.5 Å². The number of para-hydroxylation sites is 1. The molecule has 1 aromatic heterocycles. The van der Waals surface area contributed by atoms with Crippen LogP contribution in [0.15, 0.2) is 54.7 Å². The number of benzene rings is 2. The van der Waals surface area contributed by atoms with Crippen molar-refractivity contribution in [3.63, 3.8) is 0 Å². The van der Waals surface area contributed by atoms with Gasteiger partial charge in [0.1, 0.15) is 0 Å². The van der Waals surface area contributed by atoms with Crippen molar-refractivity contribution in [2.45, 2.75) is 26.6 Å². The zero-order valence-corrected chi connectivity index (χ0v) is 15.8. The second-order valence-electron chi connectivity index (χ2n) is 7.82. The van der Waals surface area contributed by atoms with Gasteiger partial charge in [0, 0.05) is 17.4 Å². The van der Waals surface area contributed by atoms with Gasteiger partial charge >= 0.3 is 0 Å². The summed E-state index contributed by atoms with van der Waals surface area (Å²) >= 11 is 0. The van der Waals surface area contributed by atoms with Gasteiger partial charge in [0.2, 0.25) is 5.91 Å². The molecule has 5 heteroatoms. The van der Waals surface area contributed by atoms with Crippen LogP contribution in [0.25, 0.3) is 22.0 Å². The first-order valence-corrected chi connectivity index (χ1v) is 9.12. The highest BCUT2D eigenvalue weighted by Crippen LogP contribution is 2.32. The molecule has 3 aromatic rings. The molecule has 2 N–H and O–H groups in total. The van der Waals surface area contributed by atoms with Crippen molar-refractivity contribution in [1.82, 2.24) is 4.98 Å². The number of aromatic nitrogens is 1. The van der Waals surface area contributed by atoms with E-state index < -0.39 is 11.2 Å². The van der Waals surface area contributed by atoms with Crippen LogP contribution in [0.2, 0.25) is 0 Å². The van der Waals surface area contributed by atoms with Gasteiger partial charge in [0.25, 0.3) is 0 Å². The molecule has 0 unspecified atom stereocenters. The minimum atomic E-state index is -0.717. The molecule has 1 amide bonds. The highest BCUT2D eigenvalue weighted by molar-refractivity contribution is 5.98. The van der Waals surface area contributed by atoms with Crippen molar-refractivity contribution in [3.05, 3.63) is 54.7 Å². The van der Waals surface area contributed by atoms with Crippen LogP contribution in [0, 0.1) is 5.41 Å². The number of nitrogens with one attached hydrogen (secondary N) is 2. The van der Waals surface area contributed by atoms with Gasteiger partial charge < -0.3 is 19.8 Å². The first-order chi connectivity index (χ1) is 12.9. The summed E-state index contributed by atoms with van der Waals surface area (Å²) in [5.74, 6) is -0.748. The van der Waals surface area contributed by atoms with Gasteiger partial charge in [0.15, 0.2) is 5.79 Å². The normalized spacial score (nSPS) is 18.3. The Morgan fingerprint density at radius 1 is 1.04 bits per heavy atom. The third-order valence-electron chi connectivity index (χ3n) is 5.04. The van der Waals surface area contributed by atoms with E-state index in [-0.39, 0.29) is 5.91 Å². The lowest BCUT2D eigenvalue weighted by Gasteiger charge is -2.40. The van der Waals surface area contributed by atoms with Gasteiger partial charge in [-0.1, -0.05) is 30.3 Å². The average Bonchev–Trinajstić information content (AvgIpc) is 3.13. The molecule has 27 heavy (non-hydrogen) atoms. The smallest absolute Gasteiger partial charge is 0.234 e. The summed E-state index contributed by atoms with van der Waals surface area (Å²) in [7, 11) is 0. The molecule has 4 rings (SSSR count). The van der Waals surface area contributed by atoms with Crippen LogP contribution in [0.5, 0.6) is 0 Å². The quantitative estimate of drug-likeness (QED) is 0.716. The summed E-state index contributed by atoms with van der Waals surface area (Å²) in [6.07, 6.45) is 1.94. The third-order valence-corrected chi connectivity index (χ3v) is 5.04. The lowest BCUT2D eigenvalue weighted by Crippen LogP contribution is -2.50. The number of hydrogen-bond donors (Lipinski definition) is 2. The van der Waals surface area contributed by atoms with E-state index in [0.717, 1.165) is 27.7 Å². The largest absolute Gasteiger partial charge is 0.361 e. The molecule has 0 spiro atoms. The van der Waals surface area contributed by atoms with Crippen LogP contribution in [-0.4, -0.2) is 29.9 Å². The van der Waals surface area contributed by atoms with Crippen LogP contribution in [0.4, 0.5) is 5.69 Å². The minimum Gasteiger partial charge on any atom is -0.361 e. The molecular formula is C22H24N2O3. The van der Waals surface area contributed by atoms with Crippen LogP contribution >= 0.6 is 0 Å². The van der Waals surface area contributed by atoms with E-state index in [9.17, 15) is 4.79 Å². The summed E-state index contributed by atoms with van der Waals surface area (Å²) < 4.78 is 11.4. The maximum atomic E-state index is 12.8. The topological polar surface area (TPSA) is 63.3 Å². The fourth-order valence-corrected chi connectivity index (χ4v) is 3.25. The Bertz CT molecular complexity index is 980. The van der Waals surface area contributed by atoms with Gasteiger partial charge in [0.05, 0.1) is 24.1 Å². The Kier molecular flexibility index (Phi) is 4.29. The van der Waals surface area contributed by atoms with Crippen LogP contribution in [0.1, 0.15) is 20.8 Å². The molecule has 2 heterocycles. The molecule has 1 fully saturated rings. The fourth-order valence-electron chi connectivity index (χ4n) is 3.25. The monoisotopic (exact) mass is 364 g/mol. The van der Waals surface area contributed by atoms with Crippen LogP contribution in [-0.2, 0) is 14.3 Å². The van der Waals surface area contributed by atoms with Crippen LogP contribution in [0.3, 0.4) is 0 Å². The minimum absolute atomic E-state index is 0.103. The number of amides is 1. The molecule has 0 bridgehead atoms. The van der Waals surface area contributed by atoms with Crippen molar-refractivity contribution >= 4 is 22.5 Å². The Morgan fingerprint density at radius 2 is 1.78 bits per heavy atom. The first kappa shape index (κ1) is 17.8. The number of carbonyl (C=O) groups excluding carboxylic acids is 1. The summed E-state index contributed by atoms with van der Waals surface area (Å²) in [4.78, 5) is 16.1. The van der Waals surface area contributed by atoms with E-state index in [4.69, 9.17) is 9.47 Å². The summed E-state index contributed by atoms with van der Waals surface area (Å²) in [6, 6.07) is 16.1. The van der Waals surface area contributed by atoms with Crippen molar-refractivity contribution < 1.29 is 14.3 Å². The number of aromatic amines is 1. The maximum absolute atomic E-state index is 12.8. The maximum Gasteiger partial charge on any atom is 0.234 e. The number of carbonyl (C=O) groups is 1. The van der Waals surface area contributed by atoms with Gasteiger partial charge in [-0.2, -0.15) is 0 Å². The Labute approximate surface area is 158 Å². The van der Waals surface area contributed by atoms with E-state index in [1.54, 1.807) is 0 Å². The average molecular weight is 364 g/mol. The van der Waals surface area contributed by atoms with Crippen molar-refractivity contribution in [3.8, 4) is 11.1 Å². The predicted octanol–water partition coefficient (Wildman–Crippen LogP) is 4.56. The summed E-state index contributed by atoms with van der Waals surface area (Å²) in [6.45, 7) is 6.23. The van der Waals surface area contributed by atoms with E-state index in [0.29, 0.717) is 13.2 Å². The Hall–Kier alpha value is -2.63. The summed E-state index contributed by atoms with van der Waals surface area (Å²) in [5, 5.41) is 4.18. The fraction of sp³-hybridized carbons (Fsp3) is 0.318. The molecule has 0 aliphatic carbocycles. The molecule has 1 saturated heterocycles. The van der Waals surface area contributed by atoms with Crippen LogP contribution < -0.4 is 5.32 Å². The van der Waals surface area contributed by atoms with Crippen molar-refractivity contribution in [2.24, 2.45) is 5.41 Å². The lowest BCUT2D eigenvalue weighted by atomic mass is 9.90. The molecule has 140 valence electrons. The Balaban J connectivity index is 1.57.